The van der Waals surface area contributed by atoms with Crippen LogP contribution in [0.5, 0.6) is 5.75 Å². The summed E-state index contributed by atoms with van der Waals surface area (Å²) in [6, 6.07) is 7.88. The molecular formula is C13H7Br2N3O3. The summed E-state index contributed by atoms with van der Waals surface area (Å²) in [5, 5.41) is 20.5. The molecule has 0 spiro atoms. The lowest BCUT2D eigenvalue weighted by Crippen LogP contribution is -1.86. The van der Waals surface area contributed by atoms with Crippen molar-refractivity contribution in [3.63, 3.8) is 0 Å². The van der Waals surface area contributed by atoms with Crippen LogP contribution in [0.3, 0.4) is 0 Å². The molecule has 0 atom stereocenters. The Morgan fingerprint density at radius 1 is 1.19 bits per heavy atom. The third-order valence-electron chi connectivity index (χ3n) is 2.97. The van der Waals surface area contributed by atoms with Gasteiger partial charge in [0.15, 0.2) is 0 Å². The summed E-state index contributed by atoms with van der Waals surface area (Å²) in [4.78, 5) is 17.8. The number of aromatic hydroxyl groups is 1. The summed E-state index contributed by atoms with van der Waals surface area (Å²) in [6.07, 6.45) is 0. The van der Waals surface area contributed by atoms with Gasteiger partial charge in [0, 0.05) is 17.7 Å². The Labute approximate surface area is 135 Å². The molecule has 0 fully saturated rings. The Morgan fingerprint density at radius 3 is 2.48 bits per heavy atom. The van der Waals surface area contributed by atoms with Gasteiger partial charge in [-0.1, -0.05) is 0 Å². The molecule has 0 aliphatic rings. The van der Waals surface area contributed by atoms with Crippen LogP contribution in [-0.2, 0) is 0 Å². The molecule has 0 radical (unpaired) electrons. The minimum absolute atomic E-state index is 0.00534. The lowest BCUT2D eigenvalue weighted by Gasteiger charge is -2.03. The van der Waals surface area contributed by atoms with Crippen molar-refractivity contribution in [2.24, 2.45) is 0 Å². The van der Waals surface area contributed by atoms with Crippen molar-refractivity contribution in [3.05, 3.63) is 49.4 Å². The molecular weight excluding hydrogens is 406 g/mol. The van der Waals surface area contributed by atoms with E-state index in [1.807, 2.05) is 0 Å². The van der Waals surface area contributed by atoms with Crippen LogP contribution in [0.2, 0.25) is 0 Å². The van der Waals surface area contributed by atoms with Gasteiger partial charge in [-0.25, -0.2) is 4.98 Å². The number of aromatic nitrogens is 2. The van der Waals surface area contributed by atoms with Crippen molar-refractivity contribution in [1.82, 2.24) is 9.97 Å². The lowest BCUT2D eigenvalue weighted by atomic mass is 10.2. The summed E-state index contributed by atoms with van der Waals surface area (Å²) in [5.74, 6) is 0.664. The fourth-order valence-electron chi connectivity index (χ4n) is 1.95. The van der Waals surface area contributed by atoms with Gasteiger partial charge < -0.3 is 10.1 Å². The molecule has 0 saturated carbocycles. The molecule has 0 saturated heterocycles. The smallest absolute Gasteiger partial charge is 0.271 e. The number of nitro groups is 1. The summed E-state index contributed by atoms with van der Waals surface area (Å²) in [5.41, 5.74) is 1.96. The quantitative estimate of drug-likeness (QED) is 0.482. The van der Waals surface area contributed by atoms with Gasteiger partial charge in [0.2, 0.25) is 0 Å². The van der Waals surface area contributed by atoms with E-state index < -0.39 is 4.92 Å². The van der Waals surface area contributed by atoms with Crippen molar-refractivity contribution >= 4 is 48.6 Å². The average Bonchev–Trinajstić information content (AvgIpc) is 2.86. The maximum atomic E-state index is 10.8. The number of rotatable bonds is 2. The van der Waals surface area contributed by atoms with Crippen LogP contribution >= 0.6 is 31.9 Å². The van der Waals surface area contributed by atoms with Gasteiger partial charge in [-0.05, 0) is 50.1 Å². The number of nitrogens with one attached hydrogen (secondary N) is 1. The van der Waals surface area contributed by atoms with E-state index in [4.69, 9.17) is 0 Å². The lowest BCUT2D eigenvalue weighted by molar-refractivity contribution is -0.384. The van der Waals surface area contributed by atoms with Gasteiger partial charge >= 0.3 is 0 Å². The van der Waals surface area contributed by atoms with Gasteiger partial charge in [0.05, 0.1) is 24.9 Å². The van der Waals surface area contributed by atoms with Gasteiger partial charge in [-0.3, -0.25) is 10.1 Å². The predicted octanol–water partition coefficient (Wildman–Crippen LogP) is 4.37. The summed E-state index contributed by atoms with van der Waals surface area (Å²) in [6.45, 7) is 0. The third-order valence-corrected chi connectivity index (χ3v) is 4.18. The van der Waals surface area contributed by atoms with Crippen molar-refractivity contribution in [2.75, 3.05) is 0 Å². The molecule has 0 bridgehead atoms. The Morgan fingerprint density at radius 2 is 1.86 bits per heavy atom. The summed E-state index contributed by atoms with van der Waals surface area (Å²) >= 11 is 6.52. The van der Waals surface area contributed by atoms with Crippen molar-refractivity contribution < 1.29 is 10.0 Å². The molecule has 3 aromatic rings. The number of hydrogen-bond donors (Lipinski definition) is 2. The second-order valence-corrected chi connectivity index (χ2v) is 6.04. The molecule has 0 amide bonds. The molecule has 0 unspecified atom stereocenters. The van der Waals surface area contributed by atoms with E-state index in [1.54, 1.807) is 18.2 Å². The van der Waals surface area contributed by atoms with Crippen molar-refractivity contribution in [2.45, 2.75) is 0 Å². The number of phenolic OH excluding ortho intramolecular Hbond substituents is 1. The number of imidazole rings is 1. The van der Waals surface area contributed by atoms with Crippen LogP contribution in [0.25, 0.3) is 22.4 Å². The van der Waals surface area contributed by atoms with E-state index in [-0.39, 0.29) is 11.4 Å². The monoisotopic (exact) mass is 411 g/mol. The van der Waals surface area contributed by atoms with E-state index in [0.717, 1.165) is 5.56 Å². The highest BCUT2D eigenvalue weighted by molar-refractivity contribution is 9.11. The van der Waals surface area contributed by atoms with Crippen LogP contribution in [0.15, 0.2) is 39.3 Å². The number of benzene rings is 2. The number of hydrogen-bond acceptors (Lipinski definition) is 4. The second kappa shape index (κ2) is 5.12. The molecule has 21 heavy (non-hydrogen) atoms. The normalized spacial score (nSPS) is 11.0. The van der Waals surface area contributed by atoms with Crippen LogP contribution in [0.4, 0.5) is 5.69 Å². The maximum absolute atomic E-state index is 10.8. The molecule has 2 N–H and O–H groups in total. The Balaban J connectivity index is 2.15. The number of non-ortho nitro benzene ring substituents is 1. The maximum Gasteiger partial charge on any atom is 0.271 e. The number of fused-ring (bicyclic) bond motifs is 1. The Hall–Kier alpha value is -1.93. The van der Waals surface area contributed by atoms with Crippen LogP contribution in [0, 0.1) is 10.1 Å². The molecule has 0 aliphatic heterocycles. The minimum atomic E-state index is -0.451. The van der Waals surface area contributed by atoms with E-state index >= 15 is 0 Å². The molecule has 1 aromatic heterocycles. The fourth-order valence-corrected chi connectivity index (χ4v) is 3.14. The van der Waals surface area contributed by atoms with Gasteiger partial charge in [0.1, 0.15) is 11.6 Å². The number of nitrogens with zero attached hydrogens (tertiary/aromatic N) is 2. The minimum Gasteiger partial charge on any atom is -0.506 e. The topological polar surface area (TPSA) is 92.1 Å². The number of aromatic amines is 1. The van der Waals surface area contributed by atoms with E-state index in [0.29, 0.717) is 25.8 Å². The van der Waals surface area contributed by atoms with Gasteiger partial charge in [0.25, 0.3) is 5.69 Å². The average molecular weight is 413 g/mol. The van der Waals surface area contributed by atoms with Gasteiger partial charge in [-0.15, -0.1) is 0 Å². The van der Waals surface area contributed by atoms with Crippen LogP contribution in [-0.4, -0.2) is 20.0 Å². The zero-order valence-electron chi connectivity index (χ0n) is 10.3. The van der Waals surface area contributed by atoms with E-state index in [9.17, 15) is 15.2 Å². The van der Waals surface area contributed by atoms with Crippen LogP contribution < -0.4 is 0 Å². The van der Waals surface area contributed by atoms with Crippen LogP contribution in [0.1, 0.15) is 0 Å². The highest BCUT2D eigenvalue weighted by Gasteiger charge is 2.13. The third kappa shape index (κ3) is 2.52. The first kappa shape index (κ1) is 14.0. The van der Waals surface area contributed by atoms with E-state index in [2.05, 4.69) is 41.8 Å². The highest BCUT2D eigenvalue weighted by atomic mass is 79.9. The standard InChI is InChI=1S/C13H7Br2N3O3/c14-8-3-6(4-9(15)12(8)19)13-16-10-2-1-7(18(20)21)5-11(10)17-13/h1-5,19H,(H,16,17). The first-order valence-corrected chi connectivity index (χ1v) is 7.37. The zero-order valence-corrected chi connectivity index (χ0v) is 13.5. The van der Waals surface area contributed by atoms with Crippen molar-refractivity contribution in [3.8, 4) is 17.1 Å². The first-order valence-electron chi connectivity index (χ1n) is 5.78. The largest absolute Gasteiger partial charge is 0.506 e. The number of H-pyrrole nitrogens is 1. The predicted molar refractivity (Wildman–Crippen MR) is 85.2 cm³/mol. The SMILES string of the molecule is O=[N+]([O-])c1ccc2nc(-c3cc(Br)c(O)c(Br)c3)[nH]c2c1. The molecule has 106 valence electrons. The summed E-state index contributed by atoms with van der Waals surface area (Å²) < 4.78 is 1.05. The molecule has 1 heterocycles. The zero-order chi connectivity index (χ0) is 15.1. The van der Waals surface area contributed by atoms with Crippen molar-refractivity contribution in [1.29, 1.82) is 0 Å². The molecule has 2 aromatic carbocycles. The van der Waals surface area contributed by atoms with E-state index in [1.165, 1.54) is 12.1 Å². The Bertz CT molecular complexity index is 853. The molecule has 0 aliphatic carbocycles. The molecule has 8 heteroatoms. The number of phenols is 1. The van der Waals surface area contributed by atoms with Gasteiger partial charge in [-0.2, -0.15) is 0 Å². The fraction of sp³-hybridized carbons (Fsp3) is 0. The first-order chi connectivity index (χ1) is 9.95. The molecule has 6 nitrogen and oxygen atoms in total. The molecule has 3 rings (SSSR count). The number of nitro benzene ring substituents is 1. The Kier molecular flexibility index (Phi) is 3.42. The summed E-state index contributed by atoms with van der Waals surface area (Å²) in [7, 11) is 0. The highest BCUT2D eigenvalue weighted by Crippen LogP contribution is 2.36. The second-order valence-electron chi connectivity index (χ2n) is 4.33. The number of halogens is 2.